The molecule has 10 nitrogen and oxygen atoms in total. The van der Waals surface area contributed by atoms with Gasteiger partial charge in [0.25, 0.3) is 0 Å². The summed E-state index contributed by atoms with van der Waals surface area (Å²) in [4.78, 5) is 36.7. The van der Waals surface area contributed by atoms with Crippen LogP contribution in [-0.2, 0) is 24.4 Å². The Kier molecular flexibility index (Phi) is 9.90. The first kappa shape index (κ1) is 25.3. The predicted octanol–water partition coefficient (Wildman–Crippen LogP) is -0.628. The predicted molar refractivity (Wildman–Crippen MR) is 101 cm³/mol. The molecule has 0 aromatic heterocycles. The van der Waals surface area contributed by atoms with Gasteiger partial charge in [-0.3, -0.25) is 9.59 Å². The van der Waals surface area contributed by atoms with E-state index >= 15 is 0 Å². The fraction of sp³-hybridized carbons (Fsp3) is 0.812. The number of unbranched alkanes of at least 4 members (excludes halogenated alkanes) is 1. The van der Waals surface area contributed by atoms with Crippen molar-refractivity contribution >= 4 is 27.8 Å². The van der Waals surface area contributed by atoms with Crippen molar-refractivity contribution in [2.75, 3.05) is 13.3 Å². The number of rotatable bonds is 12. The van der Waals surface area contributed by atoms with Gasteiger partial charge >= 0.3 is 5.97 Å². The Morgan fingerprint density at radius 3 is 2.04 bits per heavy atom. The summed E-state index contributed by atoms with van der Waals surface area (Å²) in [7, 11) is -2.34. The first-order valence-corrected chi connectivity index (χ1v) is 10.7. The van der Waals surface area contributed by atoms with Crippen LogP contribution >= 0.6 is 0 Å². The zero-order chi connectivity index (χ0) is 21.4. The van der Waals surface area contributed by atoms with Crippen molar-refractivity contribution in [3.8, 4) is 0 Å². The van der Waals surface area contributed by atoms with Crippen LogP contribution in [-0.4, -0.2) is 62.4 Å². The molecule has 11 heteroatoms. The lowest BCUT2D eigenvalue weighted by Gasteiger charge is -2.33. The van der Waals surface area contributed by atoms with Gasteiger partial charge in [-0.15, -0.1) is 0 Å². The van der Waals surface area contributed by atoms with E-state index in [1.54, 1.807) is 27.8 Å². The Bertz CT molecular complexity index is 637. The number of likely N-dealkylation sites (N-methyl/N-ethyl adjacent to an activating group) is 1. The van der Waals surface area contributed by atoms with Crippen LogP contribution in [0.15, 0.2) is 0 Å². The topological polar surface area (TPSA) is 154 Å². The standard InChI is InChI=1S/C16H32N4O6S/c1-7-8-9-16(15(23)24,20-27(6,25)26)19-14(22)12(10(2)3)18-13(21)11(4)17-5/h10-12,17,20H,7-9H2,1-6H3,(H,18,21)(H,19,22)(H,23,24). The molecule has 3 atom stereocenters. The number of nitrogens with one attached hydrogen (secondary N) is 4. The van der Waals surface area contributed by atoms with Crippen LogP contribution in [0.5, 0.6) is 0 Å². The maximum atomic E-state index is 12.8. The van der Waals surface area contributed by atoms with Gasteiger partial charge in [0.15, 0.2) is 0 Å². The number of aliphatic carboxylic acids is 1. The second-order valence-corrected chi connectivity index (χ2v) is 8.67. The van der Waals surface area contributed by atoms with E-state index < -0.39 is 45.6 Å². The van der Waals surface area contributed by atoms with E-state index in [4.69, 9.17) is 0 Å². The molecule has 0 spiro atoms. The van der Waals surface area contributed by atoms with Gasteiger partial charge < -0.3 is 21.1 Å². The Morgan fingerprint density at radius 1 is 1.11 bits per heavy atom. The average molecular weight is 409 g/mol. The van der Waals surface area contributed by atoms with Crippen LogP contribution in [0.3, 0.4) is 0 Å². The molecule has 3 unspecified atom stereocenters. The molecule has 0 heterocycles. The minimum atomic E-state index is -3.93. The van der Waals surface area contributed by atoms with Crippen LogP contribution in [0.4, 0.5) is 0 Å². The normalized spacial score (nSPS) is 16.3. The summed E-state index contributed by atoms with van der Waals surface area (Å²) in [5.41, 5.74) is -2.19. The maximum Gasteiger partial charge on any atom is 0.345 e. The van der Waals surface area contributed by atoms with Crippen molar-refractivity contribution in [3.63, 3.8) is 0 Å². The highest BCUT2D eigenvalue weighted by atomic mass is 32.2. The molecule has 0 aliphatic carbocycles. The molecule has 5 N–H and O–H groups in total. The monoisotopic (exact) mass is 408 g/mol. The summed E-state index contributed by atoms with van der Waals surface area (Å²) in [6, 6.07) is -1.59. The lowest BCUT2D eigenvalue weighted by atomic mass is 9.99. The third kappa shape index (κ3) is 8.22. The van der Waals surface area contributed by atoms with Gasteiger partial charge in [-0.25, -0.2) is 13.2 Å². The molecule has 0 rings (SSSR count). The number of hydrogen-bond donors (Lipinski definition) is 5. The highest BCUT2D eigenvalue weighted by Gasteiger charge is 2.44. The van der Waals surface area contributed by atoms with E-state index in [9.17, 15) is 27.9 Å². The molecule has 0 bridgehead atoms. The zero-order valence-corrected chi connectivity index (χ0v) is 17.6. The van der Waals surface area contributed by atoms with Crippen molar-refractivity contribution in [1.29, 1.82) is 0 Å². The summed E-state index contributed by atoms with van der Waals surface area (Å²) >= 11 is 0. The number of carbonyl (C=O) groups is 3. The molecule has 158 valence electrons. The summed E-state index contributed by atoms with van der Waals surface area (Å²) in [6.45, 7) is 6.80. The van der Waals surface area contributed by atoms with Gasteiger partial charge in [-0.1, -0.05) is 27.2 Å². The van der Waals surface area contributed by atoms with Crippen molar-refractivity contribution in [2.45, 2.75) is 64.7 Å². The molecular weight excluding hydrogens is 376 g/mol. The molecule has 0 aliphatic heterocycles. The van der Waals surface area contributed by atoms with Crippen LogP contribution in [0.1, 0.15) is 47.0 Å². The van der Waals surface area contributed by atoms with Crippen LogP contribution in [0.2, 0.25) is 0 Å². The van der Waals surface area contributed by atoms with Gasteiger partial charge in [0.2, 0.25) is 27.5 Å². The zero-order valence-electron chi connectivity index (χ0n) is 16.8. The Balaban J connectivity index is 5.72. The van der Waals surface area contributed by atoms with Crippen LogP contribution in [0, 0.1) is 5.92 Å². The van der Waals surface area contributed by atoms with Crippen molar-refractivity contribution in [2.24, 2.45) is 5.92 Å². The first-order chi connectivity index (χ1) is 12.3. The van der Waals surface area contributed by atoms with E-state index in [0.29, 0.717) is 12.8 Å². The first-order valence-electron chi connectivity index (χ1n) is 8.81. The van der Waals surface area contributed by atoms with E-state index in [-0.39, 0.29) is 12.3 Å². The summed E-state index contributed by atoms with van der Waals surface area (Å²) in [6.07, 6.45) is 1.65. The molecule has 0 saturated carbocycles. The Morgan fingerprint density at radius 2 is 1.67 bits per heavy atom. The third-order valence-corrected chi connectivity index (χ3v) is 4.76. The number of carboxylic acids is 1. The average Bonchev–Trinajstić information content (AvgIpc) is 2.54. The number of amides is 2. The Hall–Kier alpha value is -1.72. The van der Waals surface area contributed by atoms with E-state index in [1.807, 2.05) is 11.6 Å². The fourth-order valence-corrected chi connectivity index (χ4v) is 3.21. The highest BCUT2D eigenvalue weighted by Crippen LogP contribution is 2.15. The smallest absolute Gasteiger partial charge is 0.345 e. The van der Waals surface area contributed by atoms with Gasteiger partial charge in [0.1, 0.15) is 6.04 Å². The third-order valence-electron chi connectivity index (χ3n) is 4.04. The van der Waals surface area contributed by atoms with E-state index in [1.165, 1.54) is 0 Å². The minimum Gasteiger partial charge on any atom is -0.478 e. The maximum absolute atomic E-state index is 12.8. The lowest BCUT2D eigenvalue weighted by molar-refractivity contribution is -0.149. The molecule has 0 fully saturated rings. The number of sulfonamides is 1. The Labute approximate surface area is 160 Å². The second-order valence-electron chi connectivity index (χ2n) is 6.92. The molecule has 0 aromatic carbocycles. The van der Waals surface area contributed by atoms with Crippen LogP contribution in [0.25, 0.3) is 0 Å². The number of hydrogen-bond acceptors (Lipinski definition) is 6. The molecular formula is C16H32N4O6S. The van der Waals surface area contributed by atoms with Crippen molar-refractivity contribution in [3.05, 3.63) is 0 Å². The molecule has 0 radical (unpaired) electrons. The van der Waals surface area contributed by atoms with Gasteiger partial charge in [0.05, 0.1) is 12.3 Å². The van der Waals surface area contributed by atoms with Crippen LogP contribution < -0.4 is 20.7 Å². The summed E-state index contributed by atoms with van der Waals surface area (Å²) in [5, 5.41) is 17.3. The second kappa shape index (κ2) is 10.6. The molecule has 0 aromatic rings. The van der Waals surface area contributed by atoms with Gasteiger partial charge in [0, 0.05) is 0 Å². The molecule has 0 saturated heterocycles. The SMILES string of the molecule is CCCCC(NC(=O)C(NC(=O)C(C)NC)C(C)C)(NS(C)(=O)=O)C(=O)O. The van der Waals surface area contributed by atoms with E-state index in [0.717, 1.165) is 6.26 Å². The quantitative estimate of drug-likeness (QED) is 0.269. The van der Waals surface area contributed by atoms with E-state index in [2.05, 4.69) is 16.0 Å². The largest absolute Gasteiger partial charge is 0.478 e. The summed E-state index contributed by atoms with van der Waals surface area (Å²) < 4.78 is 25.4. The molecule has 2 amide bonds. The lowest BCUT2D eigenvalue weighted by Crippen LogP contribution is -2.68. The minimum absolute atomic E-state index is 0.136. The van der Waals surface area contributed by atoms with Gasteiger partial charge in [-0.2, -0.15) is 4.72 Å². The fourth-order valence-electron chi connectivity index (χ4n) is 2.33. The number of carbonyl (C=O) groups excluding carboxylic acids is 2. The van der Waals surface area contributed by atoms with Gasteiger partial charge in [-0.05, 0) is 32.7 Å². The number of carboxylic acid groups (broad SMARTS) is 1. The molecule has 27 heavy (non-hydrogen) atoms. The molecule has 0 aliphatic rings. The summed E-state index contributed by atoms with van der Waals surface area (Å²) in [5.74, 6) is -3.09. The highest BCUT2D eigenvalue weighted by molar-refractivity contribution is 7.88. The van der Waals surface area contributed by atoms with Crippen molar-refractivity contribution in [1.82, 2.24) is 20.7 Å². The van der Waals surface area contributed by atoms with Crippen molar-refractivity contribution < 1.29 is 27.9 Å².